The summed E-state index contributed by atoms with van der Waals surface area (Å²) in [5.41, 5.74) is 5.33. The van der Waals surface area contributed by atoms with Crippen LogP contribution in [0.3, 0.4) is 0 Å². The first-order valence-corrected chi connectivity index (χ1v) is 17.2. The van der Waals surface area contributed by atoms with E-state index in [0.717, 1.165) is 64.9 Å². The summed E-state index contributed by atoms with van der Waals surface area (Å²) in [5.74, 6) is -6.79. The van der Waals surface area contributed by atoms with Gasteiger partial charge in [-0.15, -0.1) is 0 Å². The Morgan fingerprint density at radius 2 is 0.816 bits per heavy atom. The summed E-state index contributed by atoms with van der Waals surface area (Å²) >= 11 is 4.38. The number of carbonyl (C=O) groups excluding carboxylic acids is 6. The van der Waals surface area contributed by atoms with Gasteiger partial charge in [0.25, 0.3) is 0 Å². The Morgan fingerprint density at radius 3 is 1.04 bits per heavy atom. The predicted molar refractivity (Wildman–Crippen MR) is 186 cm³/mol. The largest absolute Gasteiger partial charge is 4.00 e. The Bertz CT molecular complexity index is 1350. The normalized spacial score (nSPS) is 10.4. The average molecular weight is 991 g/mol. The number of aliphatic carboxylic acids is 4. The number of nitrogens with zero attached hydrogens (tertiary/aromatic N) is 2. The standard InChI is InChI=1S/2C16H21IN2O5.Tc/c2*1-3-10-5-6-12(17)11(4-2)16(10)18-13(20)7-19(8-14(21)22)9-15(23)24;/h2*5-6H,3-4,7-9H2,1-2H3,(H,18,20)(H,21,22)(H,23,24);/q;;+4/p-4/i;;1+1. The molecule has 0 aliphatic heterocycles. The molecule has 0 heterocycles. The second-order valence-electron chi connectivity index (χ2n) is 10.4. The number of aryl methyl sites for hydroxylation is 2. The number of hydrogen-bond donors (Lipinski definition) is 2. The van der Waals surface area contributed by atoms with Gasteiger partial charge in [-0.2, -0.15) is 0 Å². The summed E-state index contributed by atoms with van der Waals surface area (Å²) in [5, 5.41) is 48.3. The molecule has 0 saturated carbocycles. The second kappa shape index (κ2) is 23.6. The molecule has 0 saturated heterocycles. The molecule has 2 rings (SSSR count). The summed E-state index contributed by atoms with van der Waals surface area (Å²) in [6.07, 6.45) is 2.90. The van der Waals surface area contributed by atoms with Crippen molar-refractivity contribution in [1.29, 1.82) is 0 Å². The van der Waals surface area contributed by atoms with Crippen LogP contribution in [0.15, 0.2) is 24.3 Å². The monoisotopic (exact) mass is 991 g/mol. The van der Waals surface area contributed by atoms with E-state index >= 15 is 0 Å². The minimum absolute atomic E-state index is 0. The van der Waals surface area contributed by atoms with Crippen molar-refractivity contribution in [2.24, 2.45) is 0 Å². The average Bonchev–Trinajstić information content (AvgIpc) is 2.96. The van der Waals surface area contributed by atoms with Gasteiger partial charge in [0.2, 0.25) is 11.8 Å². The van der Waals surface area contributed by atoms with E-state index in [4.69, 9.17) is 0 Å². The molecule has 2 N–H and O–H groups in total. The van der Waals surface area contributed by atoms with Gasteiger partial charge < -0.3 is 50.2 Å². The number of rotatable bonds is 18. The molecular formula is C32H38I2N4O10Tc. The zero-order chi connectivity index (χ0) is 36.6. The molecule has 0 spiro atoms. The fraction of sp³-hybridized carbons (Fsp3) is 0.438. The quantitative estimate of drug-likeness (QED) is 0.160. The fourth-order valence-corrected chi connectivity index (χ4v) is 6.43. The predicted octanol–water partition coefficient (Wildman–Crippen LogP) is -1.69. The molecule has 0 aliphatic rings. The van der Waals surface area contributed by atoms with Gasteiger partial charge in [-0.05, 0) is 105 Å². The fourth-order valence-electron chi connectivity index (χ4n) is 4.76. The van der Waals surface area contributed by atoms with Crippen LogP contribution < -0.4 is 31.1 Å². The second-order valence-corrected chi connectivity index (χ2v) is 12.7. The number of nitrogens with one attached hydrogen (secondary N) is 2. The summed E-state index contributed by atoms with van der Waals surface area (Å²) in [4.78, 5) is 69.1. The van der Waals surface area contributed by atoms with Crippen molar-refractivity contribution in [3.05, 3.63) is 53.7 Å². The van der Waals surface area contributed by atoms with E-state index in [1.807, 2.05) is 52.0 Å². The Balaban J connectivity index is 0.000000922. The van der Waals surface area contributed by atoms with Gasteiger partial charge in [-0.3, -0.25) is 19.4 Å². The van der Waals surface area contributed by atoms with Crippen LogP contribution in [0.4, 0.5) is 11.4 Å². The number of carboxylic acid groups (broad SMARTS) is 4. The summed E-state index contributed by atoms with van der Waals surface area (Å²) < 4.78 is 2.04. The Morgan fingerprint density at radius 1 is 0.531 bits per heavy atom. The number of carbonyl (C=O) groups is 6. The molecule has 0 fully saturated rings. The zero-order valence-corrected chi connectivity index (χ0v) is 33.7. The Hall–Kier alpha value is -2.71. The number of benzene rings is 2. The van der Waals surface area contributed by atoms with Crippen LogP contribution in [-0.4, -0.2) is 84.8 Å². The van der Waals surface area contributed by atoms with Gasteiger partial charge in [-0.1, -0.05) is 39.8 Å². The van der Waals surface area contributed by atoms with Crippen LogP contribution in [0.2, 0.25) is 0 Å². The first-order valence-electron chi connectivity index (χ1n) is 15.0. The molecule has 1 radical (unpaired) electrons. The minimum atomic E-state index is -1.46. The maximum atomic E-state index is 12.3. The number of hydrogen-bond acceptors (Lipinski definition) is 12. The third kappa shape index (κ3) is 16.7. The Kier molecular flexibility index (Phi) is 22.3. The number of halogens is 2. The molecule has 49 heavy (non-hydrogen) atoms. The van der Waals surface area contributed by atoms with Crippen LogP contribution in [0.25, 0.3) is 0 Å². The van der Waals surface area contributed by atoms with Crippen LogP contribution in [0.5, 0.6) is 0 Å². The first-order chi connectivity index (χ1) is 22.6. The van der Waals surface area contributed by atoms with Crippen LogP contribution >= 0.6 is 45.2 Å². The summed E-state index contributed by atoms with van der Waals surface area (Å²) in [6.45, 7) is 4.51. The Labute approximate surface area is 326 Å². The van der Waals surface area contributed by atoms with Crippen molar-refractivity contribution in [3.63, 3.8) is 0 Å². The van der Waals surface area contributed by atoms with Gasteiger partial charge in [0.1, 0.15) is 0 Å². The van der Waals surface area contributed by atoms with Gasteiger partial charge in [0.15, 0.2) is 0 Å². The number of anilines is 2. The van der Waals surface area contributed by atoms with Gasteiger partial charge in [0.05, 0.1) is 37.0 Å². The van der Waals surface area contributed by atoms with Crippen LogP contribution in [0.1, 0.15) is 49.9 Å². The maximum absolute atomic E-state index is 12.3. The topological polar surface area (TPSA) is 225 Å². The van der Waals surface area contributed by atoms with Crippen molar-refractivity contribution < 1.29 is 69.3 Å². The van der Waals surface area contributed by atoms with E-state index < -0.39 is 61.9 Å². The molecule has 0 atom stereocenters. The molecule has 2 aromatic rings. The van der Waals surface area contributed by atoms with Crippen molar-refractivity contribution >= 4 is 92.2 Å². The maximum Gasteiger partial charge on any atom is 4.00 e. The molecular weight excluding hydrogens is 953 g/mol. The van der Waals surface area contributed by atoms with E-state index in [1.54, 1.807) is 0 Å². The van der Waals surface area contributed by atoms with Gasteiger partial charge in [-0.25, -0.2) is 0 Å². The van der Waals surface area contributed by atoms with E-state index in [-0.39, 0.29) is 33.2 Å². The van der Waals surface area contributed by atoms with E-state index in [0.29, 0.717) is 11.4 Å². The van der Waals surface area contributed by atoms with E-state index in [1.165, 1.54) is 0 Å². The third-order valence-corrected chi connectivity index (χ3v) is 8.85. The smallest absolute Gasteiger partial charge is 0.549 e. The molecule has 0 aliphatic carbocycles. The van der Waals surface area contributed by atoms with Crippen molar-refractivity contribution in [3.8, 4) is 0 Å². The first kappa shape index (κ1) is 46.3. The number of carboxylic acids is 4. The molecule has 14 nitrogen and oxygen atoms in total. The molecule has 0 unspecified atom stereocenters. The van der Waals surface area contributed by atoms with Gasteiger partial charge >= 0.3 is 20.1 Å². The van der Waals surface area contributed by atoms with Crippen molar-refractivity contribution in [1.82, 2.24) is 9.80 Å². The zero-order valence-electron chi connectivity index (χ0n) is 27.5. The molecule has 17 heteroatoms. The van der Waals surface area contributed by atoms with E-state index in [9.17, 15) is 49.2 Å². The molecule has 0 bridgehead atoms. The van der Waals surface area contributed by atoms with Crippen LogP contribution in [0, 0.1) is 7.14 Å². The molecule has 2 amide bonds. The molecule has 2 aromatic carbocycles. The molecule has 267 valence electrons. The van der Waals surface area contributed by atoms with E-state index in [2.05, 4.69) is 55.8 Å². The number of amides is 2. The van der Waals surface area contributed by atoms with Gasteiger partial charge in [0, 0.05) is 44.7 Å². The third-order valence-electron chi connectivity index (χ3n) is 6.83. The van der Waals surface area contributed by atoms with Crippen LogP contribution in [-0.2, 0) is 74.6 Å². The molecule has 0 aromatic heterocycles. The summed E-state index contributed by atoms with van der Waals surface area (Å²) in [6, 6.07) is 7.81. The summed E-state index contributed by atoms with van der Waals surface area (Å²) in [7, 11) is 0. The van der Waals surface area contributed by atoms with Crippen molar-refractivity contribution in [2.75, 3.05) is 49.9 Å². The minimum Gasteiger partial charge on any atom is -0.549 e. The SMILES string of the molecule is CCc1ccc(I)c(CC)c1NC(=O)CN(CC(=O)[O-])CC(=O)[O-].CCc1ccc(I)c(CC)c1NC(=O)CN(CC(=O)[O-])CC(=O)[O-].[99Tc+4]. The van der Waals surface area contributed by atoms with Crippen molar-refractivity contribution in [2.45, 2.75) is 53.4 Å².